The van der Waals surface area contributed by atoms with Gasteiger partial charge in [-0.3, -0.25) is 0 Å². The van der Waals surface area contributed by atoms with Gasteiger partial charge in [0.2, 0.25) is 5.95 Å². The van der Waals surface area contributed by atoms with Gasteiger partial charge in [-0.25, -0.2) is 0 Å². The van der Waals surface area contributed by atoms with Crippen molar-refractivity contribution in [3.63, 3.8) is 0 Å². The molecule has 0 amide bonds. The van der Waals surface area contributed by atoms with Crippen LogP contribution in [0, 0.1) is 0 Å². The van der Waals surface area contributed by atoms with Gasteiger partial charge in [0.15, 0.2) is 0 Å². The molecule has 3 nitrogen and oxygen atoms in total. The summed E-state index contributed by atoms with van der Waals surface area (Å²) in [5.41, 5.74) is 6.28. The summed E-state index contributed by atoms with van der Waals surface area (Å²) in [5, 5.41) is 1.37. The van der Waals surface area contributed by atoms with Gasteiger partial charge in [0, 0.05) is 10.0 Å². The van der Waals surface area contributed by atoms with Gasteiger partial charge >= 0.3 is 0 Å². The number of hydrogen-bond donors (Lipinski definition) is 1. The van der Waals surface area contributed by atoms with Crippen molar-refractivity contribution in [3.05, 3.63) is 27.7 Å². The van der Waals surface area contributed by atoms with Crippen LogP contribution in [0.1, 0.15) is 0 Å². The Labute approximate surface area is 98.2 Å². The van der Waals surface area contributed by atoms with E-state index in [0.29, 0.717) is 5.02 Å². The molecule has 0 aliphatic rings. The first-order valence-corrected chi connectivity index (χ1v) is 5.66. The Morgan fingerprint density at radius 3 is 2.86 bits per heavy atom. The van der Waals surface area contributed by atoms with Crippen molar-refractivity contribution in [2.45, 2.75) is 0 Å². The molecule has 2 N–H and O–H groups in total. The second kappa shape index (κ2) is 3.84. The molecule has 6 heteroatoms. The van der Waals surface area contributed by atoms with Gasteiger partial charge in [0.25, 0.3) is 0 Å². The van der Waals surface area contributed by atoms with Gasteiger partial charge in [-0.1, -0.05) is 27.5 Å². The molecule has 0 fully saturated rings. The fourth-order valence-electron chi connectivity index (χ4n) is 1.01. The van der Waals surface area contributed by atoms with Gasteiger partial charge < -0.3 is 5.73 Å². The molecule has 72 valence electrons. The van der Waals surface area contributed by atoms with Crippen LogP contribution >= 0.6 is 39.1 Å². The second-order valence-corrected chi connectivity index (χ2v) is 4.66. The predicted molar refractivity (Wildman–Crippen MR) is 62.5 cm³/mol. The molecular weight excluding hydrogens is 286 g/mol. The number of nitrogens with zero attached hydrogens (tertiary/aromatic N) is 2. The molecule has 0 radical (unpaired) electrons. The first-order valence-electron chi connectivity index (χ1n) is 3.71. The largest absolute Gasteiger partial charge is 0.367 e. The fraction of sp³-hybridized carbons (Fsp3) is 0. The molecule has 0 saturated carbocycles. The van der Waals surface area contributed by atoms with Crippen molar-refractivity contribution in [2.24, 2.45) is 0 Å². The lowest BCUT2D eigenvalue weighted by atomic mass is 10.2. The lowest BCUT2D eigenvalue weighted by molar-refractivity contribution is 1.34. The molecule has 2 rings (SSSR count). The zero-order valence-corrected chi connectivity index (χ0v) is 10.0. The molecule has 0 aliphatic heterocycles. The van der Waals surface area contributed by atoms with E-state index in [1.807, 2.05) is 12.1 Å². The number of halogens is 2. The molecule has 1 aromatic carbocycles. The maximum atomic E-state index is 6.02. The first-order chi connectivity index (χ1) is 6.66. The highest BCUT2D eigenvalue weighted by Crippen LogP contribution is 2.31. The van der Waals surface area contributed by atoms with Crippen LogP contribution in [-0.2, 0) is 0 Å². The lowest BCUT2D eigenvalue weighted by Crippen LogP contribution is -1.86. The summed E-state index contributed by atoms with van der Waals surface area (Å²) >= 11 is 10.6. The van der Waals surface area contributed by atoms with Gasteiger partial charge in [0.1, 0.15) is 5.01 Å². The van der Waals surface area contributed by atoms with Crippen LogP contribution in [0.5, 0.6) is 0 Å². The number of rotatable bonds is 1. The van der Waals surface area contributed by atoms with Crippen molar-refractivity contribution in [3.8, 4) is 10.6 Å². The zero-order valence-electron chi connectivity index (χ0n) is 6.87. The van der Waals surface area contributed by atoms with Crippen LogP contribution in [0.25, 0.3) is 10.6 Å². The standard InChI is InChI=1S/C8H5BrClN3S/c9-4-1-2-6(10)5(3-4)7-12-8(11)13-14-7/h1-3H,(H2,11,13). The van der Waals surface area contributed by atoms with E-state index in [4.69, 9.17) is 17.3 Å². The molecule has 0 saturated heterocycles. The van der Waals surface area contributed by atoms with E-state index in [9.17, 15) is 0 Å². The normalized spacial score (nSPS) is 10.4. The van der Waals surface area contributed by atoms with E-state index in [0.717, 1.165) is 15.0 Å². The molecule has 0 aliphatic carbocycles. The van der Waals surface area contributed by atoms with Crippen LogP contribution in [0.3, 0.4) is 0 Å². The summed E-state index contributed by atoms with van der Waals surface area (Å²) in [6, 6.07) is 5.57. The maximum absolute atomic E-state index is 6.02. The molecule has 0 spiro atoms. The fourth-order valence-corrected chi connectivity index (χ4v) is 2.25. The minimum absolute atomic E-state index is 0.279. The third kappa shape index (κ3) is 1.89. The average molecular weight is 291 g/mol. The Morgan fingerprint density at radius 2 is 2.21 bits per heavy atom. The maximum Gasteiger partial charge on any atom is 0.232 e. The average Bonchev–Trinajstić information content (AvgIpc) is 2.56. The lowest BCUT2D eigenvalue weighted by Gasteiger charge is -1.99. The number of nitrogen functional groups attached to an aromatic ring is 1. The molecule has 0 bridgehead atoms. The van der Waals surface area contributed by atoms with Crippen molar-refractivity contribution in [1.29, 1.82) is 0 Å². The molecule has 0 atom stereocenters. The van der Waals surface area contributed by atoms with Gasteiger partial charge in [-0.15, -0.1) is 0 Å². The first kappa shape index (κ1) is 9.89. The molecule has 2 aromatic rings. The predicted octanol–water partition coefficient (Wildman–Crippen LogP) is 3.20. The van der Waals surface area contributed by atoms with Crippen LogP contribution < -0.4 is 5.73 Å². The van der Waals surface area contributed by atoms with E-state index in [-0.39, 0.29) is 5.95 Å². The Hall–Kier alpha value is -0.650. The second-order valence-electron chi connectivity index (χ2n) is 2.58. The Kier molecular flexibility index (Phi) is 2.71. The van der Waals surface area contributed by atoms with Crippen LogP contribution in [0.4, 0.5) is 5.95 Å². The van der Waals surface area contributed by atoms with Gasteiger partial charge in [-0.05, 0) is 29.7 Å². The highest BCUT2D eigenvalue weighted by Gasteiger charge is 2.08. The minimum atomic E-state index is 0.279. The van der Waals surface area contributed by atoms with Crippen molar-refractivity contribution < 1.29 is 0 Å². The monoisotopic (exact) mass is 289 g/mol. The summed E-state index contributed by atoms with van der Waals surface area (Å²) in [7, 11) is 0. The number of nitrogens with two attached hydrogens (primary N) is 1. The topological polar surface area (TPSA) is 51.8 Å². The number of anilines is 1. The van der Waals surface area contributed by atoms with E-state index in [1.165, 1.54) is 11.5 Å². The van der Waals surface area contributed by atoms with Crippen LogP contribution in [0.15, 0.2) is 22.7 Å². The Bertz CT molecular complexity index is 471. The molecular formula is C8H5BrClN3S. The summed E-state index contributed by atoms with van der Waals surface area (Å²) in [5.74, 6) is 0.279. The smallest absolute Gasteiger partial charge is 0.232 e. The molecule has 14 heavy (non-hydrogen) atoms. The van der Waals surface area contributed by atoms with Gasteiger partial charge in [0.05, 0.1) is 5.02 Å². The number of benzene rings is 1. The molecule has 0 unspecified atom stereocenters. The summed E-state index contributed by atoms with van der Waals surface area (Å²) in [6.07, 6.45) is 0. The molecule has 1 heterocycles. The van der Waals surface area contributed by atoms with Crippen molar-refractivity contribution in [1.82, 2.24) is 9.36 Å². The van der Waals surface area contributed by atoms with E-state index < -0.39 is 0 Å². The Balaban J connectivity index is 2.55. The quantitative estimate of drug-likeness (QED) is 0.877. The zero-order chi connectivity index (χ0) is 10.1. The van der Waals surface area contributed by atoms with Crippen LogP contribution in [0.2, 0.25) is 5.02 Å². The summed E-state index contributed by atoms with van der Waals surface area (Å²) in [4.78, 5) is 4.06. The summed E-state index contributed by atoms with van der Waals surface area (Å²) < 4.78 is 4.85. The highest BCUT2D eigenvalue weighted by atomic mass is 79.9. The van der Waals surface area contributed by atoms with E-state index >= 15 is 0 Å². The third-order valence-corrected chi connectivity index (χ3v) is 3.19. The minimum Gasteiger partial charge on any atom is -0.367 e. The SMILES string of the molecule is Nc1nsc(-c2cc(Br)ccc2Cl)n1. The Morgan fingerprint density at radius 1 is 1.43 bits per heavy atom. The molecule has 1 aromatic heterocycles. The number of hydrogen-bond acceptors (Lipinski definition) is 4. The summed E-state index contributed by atoms with van der Waals surface area (Å²) in [6.45, 7) is 0. The van der Waals surface area contributed by atoms with E-state index in [2.05, 4.69) is 25.3 Å². The third-order valence-electron chi connectivity index (χ3n) is 1.60. The van der Waals surface area contributed by atoms with Crippen molar-refractivity contribution in [2.75, 3.05) is 5.73 Å². The highest BCUT2D eigenvalue weighted by molar-refractivity contribution is 9.10. The van der Waals surface area contributed by atoms with E-state index in [1.54, 1.807) is 6.07 Å². The number of aromatic nitrogens is 2. The van der Waals surface area contributed by atoms with Crippen molar-refractivity contribution >= 4 is 45.0 Å². The van der Waals surface area contributed by atoms with Crippen LogP contribution in [-0.4, -0.2) is 9.36 Å². The van der Waals surface area contributed by atoms with Gasteiger partial charge in [-0.2, -0.15) is 9.36 Å².